The SMILES string of the molecule is [C-]#[N+]C[C@H]1CN(c2nc(OC[C@@H]3CCCN3C)nn3c(Cc4cccc5c4cnn5C(=O)OC(C)(C)C)cnc23)CCN1C(=O)C=C. The van der Waals surface area contributed by atoms with Crippen molar-refractivity contribution in [3.05, 3.63) is 65.9 Å². The van der Waals surface area contributed by atoms with Crippen LogP contribution in [-0.4, -0.2) is 115 Å². The number of likely N-dealkylation sites (tertiary alicyclic amines) is 1. The molecule has 4 aromatic rings. The summed E-state index contributed by atoms with van der Waals surface area (Å²) in [5.74, 6) is 0.390. The molecule has 2 aliphatic rings. The number of ether oxygens (including phenoxy) is 2. The normalized spacial score (nSPS) is 18.9. The van der Waals surface area contributed by atoms with Crippen LogP contribution < -0.4 is 9.64 Å². The molecule has 2 aliphatic heterocycles. The van der Waals surface area contributed by atoms with E-state index in [2.05, 4.69) is 33.4 Å². The van der Waals surface area contributed by atoms with Crippen LogP contribution in [0.2, 0.25) is 0 Å². The number of hydrogen-bond acceptors (Lipinski definition) is 10. The molecule has 2 saturated heterocycles. The quantitative estimate of drug-likeness (QED) is 0.209. The number of amides is 1. The Hall–Kier alpha value is -5.03. The van der Waals surface area contributed by atoms with E-state index < -0.39 is 11.7 Å². The lowest BCUT2D eigenvalue weighted by Gasteiger charge is -2.39. The smallest absolute Gasteiger partial charge is 0.435 e. The summed E-state index contributed by atoms with van der Waals surface area (Å²) in [6.07, 6.45) is 6.80. The second kappa shape index (κ2) is 13.0. The minimum absolute atomic E-state index is 0.162. The van der Waals surface area contributed by atoms with E-state index in [1.54, 1.807) is 21.8 Å². The van der Waals surface area contributed by atoms with Crippen molar-refractivity contribution < 1.29 is 19.1 Å². The van der Waals surface area contributed by atoms with Crippen LogP contribution in [-0.2, 0) is 16.0 Å². The van der Waals surface area contributed by atoms with Gasteiger partial charge in [0, 0.05) is 37.5 Å². The Labute approximate surface area is 273 Å². The van der Waals surface area contributed by atoms with E-state index in [0.29, 0.717) is 49.6 Å². The Morgan fingerprint density at radius 3 is 2.72 bits per heavy atom. The number of fused-ring (bicyclic) bond motifs is 2. The first-order valence-corrected chi connectivity index (χ1v) is 15.8. The molecule has 0 radical (unpaired) electrons. The zero-order valence-electron chi connectivity index (χ0n) is 27.3. The van der Waals surface area contributed by atoms with E-state index in [-0.39, 0.29) is 30.5 Å². The topological polar surface area (TPSA) is 128 Å². The average Bonchev–Trinajstić information content (AvgIpc) is 3.77. The zero-order chi connectivity index (χ0) is 33.3. The summed E-state index contributed by atoms with van der Waals surface area (Å²) in [7, 11) is 2.09. The van der Waals surface area contributed by atoms with E-state index in [1.807, 2.05) is 39.0 Å². The van der Waals surface area contributed by atoms with Crippen LogP contribution in [0.4, 0.5) is 10.6 Å². The number of benzene rings is 1. The largest absolute Gasteiger partial charge is 0.461 e. The first-order chi connectivity index (χ1) is 22.6. The number of piperazine rings is 1. The highest BCUT2D eigenvalue weighted by Crippen LogP contribution is 2.28. The lowest BCUT2D eigenvalue weighted by molar-refractivity contribution is -0.128. The van der Waals surface area contributed by atoms with Gasteiger partial charge < -0.3 is 29.0 Å². The Balaban J connectivity index is 1.35. The van der Waals surface area contributed by atoms with E-state index in [1.165, 1.54) is 10.8 Å². The van der Waals surface area contributed by atoms with Gasteiger partial charge in [0.1, 0.15) is 18.2 Å². The van der Waals surface area contributed by atoms with Gasteiger partial charge in [0.15, 0.2) is 11.5 Å². The Morgan fingerprint density at radius 2 is 2.00 bits per heavy atom. The number of nitrogens with zero attached hydrogens (tertiary/aromatic N) is 10. The number of carbonyl (C=O) groups excluding carboxylic acids is 2. The molecule has 5 heterocycles. The molecule has 0 bridgehead atoms. The third-order valence-corrected chi connectivity index (χ3v) is 8.66. The molecule has 14 nitrogen and oxygen atoms in total. The fourth-order valence-electron chi connectivity index (χ4n) is 6.28. The van der Waals surface area contributed by atoms with Gasteiger partial charge in [-0.15, -0.1) is 5.10 Å². The average molecular weight is 641 g/mol. The molecule has 47 heavy (non-hydrogen) atoms. The molecule has 1 amide bonds. The lowest BCUT2D eigenvalue weighted by Crippen LogP contribution is -2.56. The number of carbonyl (C=O) groups is 2. The monoisotopic (exact) mass is 640 g/mol. The van der Waals surface area contributed by atoms with Gasteiger partial charge in [0.25, 0.3) is 0 Å². The number of likely N-dealkylation sites (N-methyl/N-ethyl adjacent to an activating group) is 1. The molecular formula is C33H40N10O4. The minimum Gasteiger partial charge on any atom is -0.461 e. The third-order valence-electron chi connectivity index (χ3n) is 8.66. The number of imidazole rings is 1. The van der Waals surface area contributed by atoms with E-state index in [0.717, 1.165) is 36.0 Å². The van der Waals surface area contributed by atoms with Crippen molar-refractivity contribution in [1.29, 1.82) is 0 Å². The van der Waals surface area contributed by atoms with Crippen LogP contribution in [0.15, 0.2) is 43.2 Å². The van der Waals surface area contributed by atoms with Gasteiger partial charge >= 0.3 is 12.1 Å². The van der Waals surface area contributed by atoms with Crippen LogP contribution in [0.25, 0.3) is 21.4 Å². The Morgan fingerprint density at radius 1 is 1.17 bits per heavy atom. The fourth-order valence-corrected chi connectivity index (χ4v) is 6.28. The van der Waals surface area contributed by atoms with E-state index >= 15 is 0 Å². The molecule has 1 aromatic carbocycles. The van der Waals surface area contributed by atoms with Gasteiger partial charge in [-0.3, -0.25) is 4.79 Å². The second-order valence-corrected chi connectivity index (χ2v) is 13.0. The van der Waals surface area contributed by atoms with Crippen molar-refractivity contribution in [2.45, 2.75) is 57.7 Å². The Kier molecular flexibility index (Phi) is 8.83. The first kappa shape index (κ1) is 31.9. The Bertz CT molecular complexity index is 1850. The van der Waals surface area contributed by atoms with Crippen LogP contribution in [0.1, 0.15) is 44.9 Å². The molecule has 0 N–H and O–H groups in total. The third kappa shape index (κ3) is 6.62. The van der Waals surface area contributed by atoms with E-state index in [9.17, 15) is 9.59 Å². The van der Waals surface area contributed by atoms with Gasteiger partial charge in [-0.25, -0.2) is 20.9 Å². The zero-order valence-corrected chi connectivity index (χ0v) is 27.3. The molecule has 14 heteroatoms. The maximum Gasteiger partial charge on any atom is 0.435 e. The molecule has 2 fully saturated rings. The van der Waals surface area contributed by atoms with Gasteiger partial charge in [-0.2, -0.15) is 14.8 Å². The molecular weight excluding hydrogens is 600 g/mol. The summed E-state index contributed by atoms with van der Waals surface area (Å²) in [6.45, 7) is 19.5. The molecule has 0 spiro atoms. The fraction of sp³-hybridized carbons (Fsp3) is 0.485. The predicted molar refractivity (Wildman–Crippen MR) is 175 cm³/mol. The van der Waals surface area contributed by atoms with Crippen molar-refractivity contribution in [2.24, 2.45) is 0 Å². The number of rotatable bonds is 8. The molecule has 6 rings (SSSR count). The van der Waals surface area contributed by atoms with Crippen molar-refractivity contribution in [2.75, 3.05) is 51.3 Å². The lowest BCUT2D eigenvalue weighted by atomic mass is 10.1. The maximum atomic E-state index is 12.9. The molecule has 0 unspecified atom stereocenters. The maximum absolute atomic E-state index is 12.9. The predicted octanol–water partition coefficient (Wildman–Crippen LogP) is 3.44. The number of aromatic nitrogens is 6. The highest BCUT2D eigenvalue weighted by atomic mass is 16.6. The van der Waals surface area contributed by atoms with Gasteiger partial charge in [-0.1, -0.05) is 18.7 Å². The van der Waals surface area contributed by atoms with E-state index in [4.69, 9.17) is 31.1 Å². The van der Waals surface area contributed by atoms with Crippen LogP contribution in [0, 0.1) is 6.57 Å². The van der Waals surface area contributed by atoms with Crippen molar-refractivity contribution in [3.63, 3.8) is 0 Å². The molecule has 3 aromatic heterocycles. The summed E-state index contributed by atoms with van der Waals surface area (Å²) in [5.41, 5.74) is 2.26. The number of hydrogen-bond donors (Lipinski definition) is 0. The van der Waals surface area contributed by atoms with Crippen molar-refractivity contribution in [1.82, 2.24) is 39.2 Å². The summed E-state index contributed by atoms with van der Waals surface area (Å²) in [6, 6.07) is 5.89. The summed E-state index contributed by atoms with van der Waals surface area (Å²) < 4.78 is 14.8. The van der Waals surface area contributed by atoms with Gasteiger partial charge in [0.2, 0.25) is 12.5 Å². The molecule has 246 valence electrons. The molecule has 0 saturated carbocycles. The standard InChI is InChI=1S/C33H40N10O4/c1-7-28(44)41-15-14-40(20-25(41)17-34-5)30-29-35-18-24(42(29)38-31(37-30)46-21-23-11-9-13-39(23)6)16-22-10-8-12-27-26(22)19-36-43(27)32(45)47-33(2,3)4/h7-8,10,12,18-19,23,25H,1,9,11,13-17,20-21H2,2-4,6H3/t23-,25-/m0/s1. The summed E-state index contributed by atoms with van der Waals surface area (Å²) in [5, 5.41) is 9.95. The number of anilines is 1. The second-order valence-electron chi connectivity index (χ2n) is 13.0. The molecule has 0 aliphatic carbocycles. The molecule has 2 atom stereocenters. The van der Waals surface area contributed by atoms with Crippen LogP contribution >= 0.6 is 0 Å². The highest BCUT2D eigenvalue weighted by molar-refractivity contribution is 5.90. The first-order valence-electron chi connectivity index (χ1n) is 15.8. The van der Waals surface area contributed by atoms with Gasteiger partial charge in [-0.05, 0) is 64.9 Å². The minimum atomic E-state index is -0.655. The van der Waals surface area contributed by atoms with Crippen LogP contribution in [0.5, 0.6) is 6.01 Å². The van der Waals surface area contributed by atoms with Gasteiger partial charge in [0.05, 0.1) is 23.6 Å². The van der Waals surface area contributed by atoms with Crippen molar-refractivity contribution >= 4 is 34.4 Å². The highest BCUT2D eigenvalue weighted by Gasteiger charge is 2.34. The van der Waals surface area contributed by atoms with Crippen molar-refractivity contribution in [3.8, 4) is 6.01 Å². The van der Waals surface area contributed by atoms with Crippen LogP contribution in [0.3, 0.4) is 0 Å². The summed E-state index contributed by atoms with van der Waals surface area (Å²) >= 11 is 0. The summed E-state index contributed by atoms with van der Waals surface area (Å²) in [4.78, 5) is 44.6.